The summed E-state index contributed by atoms with van der Waals surface area (Å²) in [5, 5.41) is 8.93. The molecule has 1 heterocycles. The molecule has 0 bridgehead atoms. The molecule has 0 fully saturated rings. The summed E-state index contributed by atoms with van der Waals surface area (Å²) < 4.78 is 0. The maximum absolute atomic E-state index is 13.1. The van der Waals surface area contributed by atoms with Gasteiger partial charge >= 0.3 is 0 Å². The van der Waals surface area contributed by atoms with Gasteiger partial charge in [0.15, 0.2) is 0 Å². The Labute approximate surface area is 159 Å². The van der Waals surface area contributed by atoms with Crippen molar-refractivity contribution >= 4 is 17.5 Å². The standard InChI is InChI=1S/C22H23N3O2/c1-15(2)25(14-18-6-4-17(13-23)5-7-18)22(27)20-8-9-21-19(12-20)10-11-24(21)16(3)26/h4-9,12,15H,10-11,14H2,1-3H3. The van der Waals surface area contributed by atoms with Crippen LogP contribution in [-0.4, -0.2) is 29.3 Å². The lowest BCUT2D eigenvalue weighted by molar-refractivity contribution is -0.116. The summed E-state index contributed by atoms with van der Waals surface area (Å²) >= 11 is 0. The number of benzene rings is 2. The van der Waals surface area contributed by atoms with Crippen molar-refractivity contribution in [3.63, 3.8) is 0 Å². The highest BCUT2D eigenvalue weighted by Gasteiger charge is 2.25. The van der Waals surface area contributed by atoms with Gasteiger partial charge in [-0.05, 0) is 61.7 Å². The van der Waals surface area contributed by atoms with Crippen LogP contribution in [0.4, 0.5) is 5.69 Å². The minimum Gasteiger partial charge on any atom is -0.332 e. The van der Waals surface area contributed by atoms with Crippen LogP contribution in [0.15, 0.2) is 42.5 Å². The highest BCUT2D eigenvalue weighted by Crippen LogP contribution is 2.29. The average Bonchev–Trinajstić information content (AvgIpc) is 3.09. The summed E-state index contributed by atoms with van der Waals surface area (Å²) in [5.41, 5.74) is 4.18. The predicted octanol–water partition coefficient (Wildman–Crippen LogP) is 3.52. The fraction of sp³-hybridized carbons (Fsp3) is 0.318. The molecule has 0 N–H and O–H groups in total. The molecular weight excluding hydrogens is 338 g/mol. The maximum atomic E-state index is 13.1. The van der Waals surface area contributed by atoms with Gasteiger partial charge in [0, 0.05) is 37.3 Å². The van der Waals surface area contributed by atoms with E-state index in [2.05, 4.69) is 6.07 Å². The van der Waals surface area contributed by atoms with Crippen molar-refractivity contribution in [2.75, 3.05) is 11.4 Å². The number of rotatable bonds is 4. The van der Waals surface area contributed by atoms with Crippen molar-refractivity contribution in [2.45, 2.75) is 39.8 Å². The van der Waals surface area contributed by atoms with E-state index in [4.69, 9.17) is 5.26 Å². The predicted molar refractivity (Wildman–Crippen MR) is 104 cm³/mol. The second-order valence-corrected chi connectivity index (χ2v) is 7.10. The lowest BCUT2D eigenvalue weighted by atomic mass is 10.1. The first-order valence-corrected chi connectivity index (χ1v) is 9.11. The molecule has 0 saturated carbocycles. The molecule has 2 aromatic rings. The molecule has 0 aliphatic carbocycles. The third-order valence-corrected chi connectivity index (χ3v) is 4.92. The lowest BCUT2D eigenvalue weighted by Crippen LogP contribution is -2.36. The van der Waals surface area contributed by atoms with Crippen molar-refractivity contribution in [3.8, 4) is 6.07 Å². The Kier molecular flexibility index (Phi) is 5.27. The SMILES string of the molecule is CC(=O)N1CCc2cc(C(=O)N(Cc3ccc(C#N)cc3)C(C)C)ccc21. The summed E-state index contributed by atoms with van der Waals surface area (Å²) in [5.74, 6) is -0.00381. The summed E-state index contributed by atoms with van der Waals surface area (Å²) in [4.78, 5) is 28.4. The number of amides is 2. The highest BCUT2D eigenvalue weighted by molar-refractivity contribution is 5.98. The zero-order valence-corrected chi connectivity index (χ0v) is 15.9. The van der Waals surface area contributed by atoms with Gasteiger partial charge in [-0.2, -0.15) is 5.26 Å². The minimum absolute atomic E-state index is 0.0254. The van der Waals surface area contributed by atoms with Crippen LogP contribution in [0.25, 0.3) is 0 Å². The van der Waals surface area contributed by atoms with E-state index in [0.717, 1.165) is 23.2 Å². The van der Waals surface area contributed by atoms with E-state index < -0.39 is 0 Å². The molecule has 0 unspecified atom stereocenters. The number of hydrogen-bond donors (Lipinski definition) is 0. The Morgan fingerprint density at radius 1 is 1.19 bits per heavy atom. The van der Waals surface area contributed by atoms with Gasteiger partial charge in [-0.25, -0.2) is 0 Å². The van der Waals surface area contributed by atoms with Crippen LogP contribution in [0.2, 0.25) is 0 Å². The van der Waals surface area contributed by atoms with E-state index in [-0.39, 0.29) is 17.9 Å². The molecule has 5 heteroatoms. The first-order chi connectivity index (χ1) is 12.9. The summed E-state index contributed by atoms with van der Waals surface area (Å²) in [6.07, 6.45) is 0.771. The summed E-state index contributed by atoms with van der Waals surface area (Å²) in [7, 11) is 0. The molecule has 0 aromatic heterocycles. The van der Waals surface area contributed by atoms with Crippen LogP contribution in [0.1, 0.15) is 47.8 Å². The van der Waals surface area contributed by atoms with Gasteiger partial charge in [-0.15, -0.1) is 0 Å². The van der Waals surface area contributed by atoms with E-state index in [1.54, 1.807) is 30.0 Å². The molecule has 5 nitrogen and oxygen atoms in total. The fourth-order valence-electron chi connectivity index (χ4n) is 3.40. The number of fused-ring (bicyclic) bond motifs is 1. The van der Waals surface area contributed by atoms with Crippen LogP contribution < -0.4 is 4.90 Å². The second kappa shape index (κ2) is 7.63. The third-order valence-electron chi connectivity index (χ3n) is 4.92. The zero-order chi connectivity index (χ0) is 19.6. The maximum Gasteiger partial charge on any atom is 0.254 e. The normalized spacial score (nSPS) is 12.6. The average molecular weight is 361 g/mol. The number of carbonyl (C=O) groups is 2. The van der Waals surface area contributed by atoms with Gasteiger partial charge in [-0.1, -0.05) is 12.1 Å². The van der Waals surface area contributed by atoms with Crippen LogP contribution >= 0.6 is 0 Å². The molecular formula is C22H23N3O2. The van der Waals surface area contributed by atoms with Gasteiger partial charge in [0.05, 0.1) is 11.6 Å². The van der Waals surface area contributed by atoms with Gasteiger partial charge in [0.2, 0.25) is 5.91 Å². The molecule has 0 radical (unpaired) electrons. The summed E-state index contributed by atoms with van der Waals surface area (Å²) in [6, 6.07) is 15.0. The van der Waals surface area contributed by atoms with Crippen molar-refractivity contribution in [3.05, 3.63) is 64.7 Å². The van der Waals surface area contributed by atoms with Crippen LogP contribution in [0.5, 0.6) is 0 Å². The van der Waals surface area contributed by atoms with E-state index >= 15 is 0 Å². The Morgan fingerprint density at radius 3 is 2.48 bits per heavy atom. The highest BCUT2D eigenvalue weighted by atomic mass is 16.2. The van der Waals surface area contributed by atoms with Crippen molar-refractivity contribution in [1.29, 1.82) is 5.26 Å². The van der Waals surface area contributed by atoms with Crippen molar-refractivity contribution in [1.82, 2.24) is 4.90 Å². The van der Waals surface area contributed by atoms with E-state index in [1.807, 2.05) is 43.0 Å². The third kappa shape index (κ3) is 3.85. The Balaban J connectivity index is 1.83. The molecule has 0 saturated heterocycles. The molecule has 0 spiro atoms. The quantitative estimate of drug-likeness (QED) is 0.837. The second-order valence-electron chi connectivity index (χ2n) is 7.10. The van der Waals surface area contributed by atoms with Crippen molar-refractivity contribution < 1.29 is 9.59 Å². The van der Waals surface area contributed by atoms with Gasteiger partial charge < -0.3 is 9.80 Å². The summed E-state index contributed by atoms with van der Waals surface area (Å²) in [6.45, 7) is 6.70. The number of nitrogens with zero attached hydrogens (tertiary/aromatic N) is 3. The fourth-order valence-corrected chi connectivity index (χ4v) is 3.40. The molecule has 1 aliphatic heterocycles. The lowest BCUT2D eigenvalue weighted by Gasteiger charge is -2.27. The Morgan fingerprint density at radius 2 is 1.89 bits per heavy atom. The monoisotopic (exact) mass is 361 g/mol. The van der Waals surface area contributed by atoms with Gasteiger partial charge in [0.25, 0.3) is 5.91 Å². The molecule has 27 heavy (non-hydrogen) atoms. The van der Waals surface area contributed by atoms with E-state index in [1.165, 1.54) is 0 Å². The van der Waals surface area contributed by atoms with Crippen molar-refractivity contribution in [2.24, 2.45) is 0 Å². The number of nitriles is 1. The molecule has 2 amide bonds. The first kappa shape index (κ1) is 18.7. The smallest absolute Gasteiger partial charge is 0.254 e. The largest absolute Gasteiger partial charge is 0.332 e. The molecule has 1 aliphatic rings. The Hall–Kier alpha value is -3.13. The first-order valence-electron chi connectivity index (χ1n) is 9.11. The minimum atomic E-state index is -0.0292. The van der Waals surface area contributed by atoms with Crippen LogP contribution in [-0.2, 0) is 17.8 Å². The number of hydrogen-bond acceptors (Lipinski definition) is 3. The molecule has 0 atom stereocenters. The zero-order valence-electron chi connectivity index (χ0n) is 15.9. The van der Waals surface area contributed by atoms with E-state index in [9.17, 15) is 9.59 Å². The topological polar surface area (TPSA) is 64.4 Å². The van der Waals surface area contributed by atoms with E-state index in [0.29, 0.717) is 24.2 Å². The molecule has 138 valence electrons. The van der Waals surface area contributed by atoms with Crippen LogP contribution in [0.3, 0.4) is 0 Å². The Bertz CT molecular complexity index is 910. The number of carbonyl (C=O) groups excluding carboxylic acids is 2. The molecule has 2 aromatic carbocycles. The van der Waals surface area contributed by atoms with Gasteiger partial charge in [-0.3, -0.25) is 9.59 Å². The number of anilines is 1. The van der Waals surface area contributed by atoms with Gasteiger partial charge in [0.1, 0.15) is 0 Å². The molecule has 3 rings (SSSR count). The van der Waals surface area contributed by atoms with Crippen LogP contribution in [0, 0.1) is 11.3 Å².